The number of amides is 1. The first kappa shape index (κ1) is 16.2. The fourth-order valence-corrected chi connectivity index (χ4v) is 1.76. The van der Waals surface area contributed by atoms with Crippen LogP contribution in [0.2, 0.25) is 0 Å². The van der Waals surface area contributed by atoms with E-state index in [2.05, 4.69) is 24.4 Å². The van der Waals surface area contributed by atoms with E-state index in [9.17, 15) is 4.79 Å². The molecule has 0 saturated heterocycles. The van der Waals surface area contributed by atoms with Crippen LogP contribution in [-0.2, 0) is 4.79 Å². The summed E-state index contributed by atoms with van der Waals surface area (Å²) in [6.45, 7) is 2.23. The molecule has 0 aromatic heterocycles. The van der Waals surface area contributed by atoms with Gasteiger partial charge in [-0.1, -0.05) is 51.2 Å². The Hall–Kier alpha value is -0.790. The second-order valence-electron chi connectivity index (χ2n) is 4.59. The molecule has 2 nitrogen and oxygen atoms in total. The smallest absolute Gasteiger partial charge is 0.219 e. The summed E-state index contributed by atoms with van der Waals surface area (Å²) >= 11 is 0. The lowest BCUT2D eigenvalue weighted by molar-refractivity contribution is -0.120. The second kappa shape index (κ2) is 13.3. The fourth-order valence-electron chi connectivity index (χ4n) is 1.76. The van der Waals surface area contributed by atoms with E-state index in [0.717, 1.165) is 6.42 Å². The number of carbonyl (C=O) groups is 1. The van der Waals surface area contributed by atoms with Crippen molar-refractivity contribution in [3.05, 3.63) is 12.2 Å². The van der Waals surface area contributed by atoms with Crippen LogP contribution in [0.5, 0.6) is 0 Å². The van der Waals surface area contributed by atoms with Crippen molar-refractivity contribution >= 4 is 5.91 Å². The van der Waals surface area contributed by atoms with Crippen molar-refractivity contribution in [1.29, 1.82) is 0 Å². The summed E-state index contributed by atoms with van der Waals surface area (Å²) in [6.07, 6.45) is 16.5. The van der Waals surface area contributed by atoms with Gasteiger partial charge < -0.3 is 5.32 Å². The molecule has 0 heterocycles. The predicted octanol–water partition coefficient (Wildman–Crippen LogP) is 4.21. The fraction of sp³-hybridized carbons (Fsp3) is 0.800. The first-order valence-corrected chi connectivity index (χ1v) is 7.16. The van der Waals surface area contributed by atoms with Crippen molar-refractivity contribution in [2.45, 2.75) is 71.1 Å². The van der Waals surface area contributed by atoms with Crippen molar-refractivity contribution in [2.75, 3.05) is 7.05 Å². The van der Waals surface area contributed by atoms with Crippen molar-refractivity contribution < 1.29 is 4.79 Å². The highest BCUT2D eigenvalue weighted by atomic mass is 16.1. The third kappa shape index (κ3) is 13.1. The quantitative estimate of drug-likeness (QED) is 0.425. The number of allylic oxidation sites excluding steroid dienone is 2. The lowest BCUT2D eigenvalue weighted by Crippen LogP contribution is -2.16. The van der Waals surface area contributed by atoms with Gasteiger partial charge in [0.15, 0.2) is 0 Å². The van der Waals surface area contributed by atoms with Gasteiger partial charge in [0.05, 0.1) is 0 Å². The monoisotopic (exact) mass is 239 g/mol. The van der Waals surface area contributed by atoms with Gasteiger partial charge in [0.2, 0.25) is 5.91 Å². The third-order valence-corrected chi connectivity index (χ3v) is 2.94. The Labute approximate surface area is 107 Å². The highest BCUT2D eigenvalue weighted by Gasteiger charge is 1.96. The van der Waals surface area contributed by atoms with Crippen molar-refractivity contribution in [3.8, 4) is 0 Å². The van der Waals surface area contributed by atoms with E-state index in [0.29, 0.717) is 6.42 Å². The molecule has 0 unspecified atom stereocenters. The minimum Gasteiger partial charge on any atom is -0.359 e. The number of hydrogen-bond acceptors (Lipinski definition) is 1. The Bertz CT molecular complexity index is 199. The van der Waals surface area contributed by atoms with Gasteiger partial charge in [-0.05, 0) is 25.7 Å². The Kier molecular flexibility index (Phi) is 12.7. The summed E-state index contributed by atoms with van der Waals surface area (Å²) in [5.41, 5.74) is 0. The molecule has 0 aromatic rings. The van der Waals surface area contributed by atoms with Crippen LogP contribution in [0.3, 0.4) is 0 Å². The molecule has 17 heavy (non-hydrogen) atoms. The molecular formula is C15H29NO. The first-order chi connectivity index (χ1) is 8.31. The number of nitrogens with one attached hydrogen (secondary N) is 1. The molecule has 2 heteroatoms. The predicted molar refractivity (Wildman–Crippen MR) is 75.1 cm³/mol. The van der Waals surface area contributed by atoms with Crippen LogP contribution in [0.4, 0.5) is 0 Å². The Balaban J connectivity index is 3.08. The average molecular weight is 239 g/mol. The molecule has 0 rings (SSSR count). The standard InChI is InChI=1S/C15H29NO/c1-3-4-5-6-7-8-9-10-11-12-13-14-15(17)16-2/h6-7H,3-5,8-14H2,1-2H3,(H,16,17). The Morgan fingerprint density at radius 2 is 1.53 bits per heavy atom. The van der Waals surface area contributed by atoms with Gasteiger partial charge in [0.25, 0.3) is 0 Å². The Morgan fingerprint density at radius 3 is 2.18 bits per heavy atom. The molecule has 1 amide bonds. The van der Waals surface area contributed by atoms with Crippen molar-refractivity contribution in [2.24, 2.45) is 0 Å². The molecule has 100 valence electrons. The highest BCUT2D eigenvalue weighted by Crippen LogP contribution is 2.08. The molecule has 0 radical (unpaired) electrons. The summed E-state index contributed by atoms with van der Waals surface area (Å²) in [4.78, 5) is 11.0. The topological polar surface area (TPSA) is 29.1 Å². The molecule has 1 N–H and O–H groups in total. The van der Waals surface area contributed by atoms with Crippen molar-refractivity contribution in [3.63, 3.8) is 0 Å². The van der Waals surface area contributed by atoms with Crippen LogP contribution in [-0.4, -0.2) is 13.0 Å². The van der Waals surface area contributed by atoms with Gasteiger partial charge in [-0.2, -0.15) is 0 Å². The van der Waals surface area contributed by atoms with Crippen LogP contribution >= 0.6 is 0 Å². The molecule has 0 aliphatic carbocycles. The SMILES string of the molecule is CCCCC=CCCCCCCCC(=O)NC. The van der Waals surface area contributed by atoms with Gasteiger partial charge in [0.1, 0.15) is 0 Å². The molecule has 0 fully saturated rings. The van der Waals surface area contributed by atoms with Gasteiger partial charge in [0, 0.05) is 13.5 Å². The minimum atomic E-state index is 0.170. The maximum atomic E-state index is 11.0. The maximum Gasteiger partial charge on any atom is 0.219 e. The second-order valence-corrected chi connectivity index (χ2v) is 4.59. The summed E-state index contributed by atoms with van der Waals surface area (Å²) < 4.78 is 0. The van der Waals surface area contributed by atoms with Crippen molar-refractivity contribution in [1.82, 2.24) is 5.32 Å². The van der Waals surface area contributed by atoms with Crippen LogP contribution in [0.15, 0.2) is 12.2 Å². The van der Waals surface area contributed by atoms with E-state index >= 15 is 0 Å². The van der Waals surface area contributed by atoms with Crippen LogP contribution in [0.1, 0.15) is 71.1 Å². The normalized spacial score (nSPS) is 10.9. The van der Waals surface area contributed by atoms with E-state index < -0.39 is 0 Å². The number of carbonyl (C=O) groups excluding carboxylic acids is 1. The number of unbranched alkanes of at least 4 members (excludes halogenated alkanes) is 7. The molecule has 0 aromatic carbocycles. The maximum absolute atomic E-state index is 11.0. The largest absolute Gasteiger partial charge is 0.359 e. The van der Waals surface area contributed by atoms with Gasteiger partial charge in [-0.15, -0.1) is 0 Å². The molecule has 0 spiro atoms. The molecule has 0 atom stereocenters. The lowest BCUT2D eigenvalue weighted by Gasteiger charge is -2.00. The average Bonchev–Trinajstić information content (AvgIpc) is 2.35. The van der Waals surface area contributed by atoms with Crippen LogP contribution in [0, 0.1) is 0 Å². The zero-order chi connectivity index (χ0) is 12.8. The lowest BCUT2D eigenvalue weighted by atomic mass is 10.1. The Morgan fingerprint density at radius 1 is 0.941 bits per heavy atom. The van der Waals surface area contributed by atoms with E-state index in [-0.39, 0.29) is 5.91 Å². The van der Waals surface area contributed by atoms with E-state index in [1.807, 2.05) is 0 Å². The molecule has 0 aliphatic rings. The van der Waals surface area contributed by atoms with Gasteiger partial charge >= 0.3 is 0 Å². The van der Waals surface area contributed by atoms with Gasteiger partial charge in [-0.25, -0.2) is 0 Å². The van der Waals surface area contributed by atoms with Gasteiger partial charge in [-0.3, -0.25) is 4.79 Å². The van der Waals surface area contributed by atoms with E-state index in [1.54, 1.807) is 7.05 Å². The summed E-state index contributed by atoms with van der Waals surface area (Å²) in [5, 5.41) is 2.65. The molecular weight excluding hydrogens is 210 g/mol. The minimum absolute atomic E-state index is 0.170. The number of rotatable bonds is 11. The highest BCUT2D eigenvalue weighted by molar-refractivity contribution is 5.75. The summed E-state index contributed by atoms with van der Waals surface area (Å²) in [6, 6.07) is 0. The molecule has 0 aliphatic heterocycles. The summed E-state index contributed by atoms with van der Waals surface area (Å²) in [7, 11) is 1.70. The van der Waals surface area contributed by atoms with Crippen LogP contribution < -0.4 is 5.32 Å². The molecule has 0 bridgehead atoms. The third-order valence-electron chi connectivity index (χ3n) is 2.94. The zero-order valence-corrected chi connectivity index (χ0v) is 11.6. The van der Waals surface area contributed by atoms with E-state index in [4.69, 9.17) is 0 Å². The number of hydrogen-bond donors (Lipinski definition) is 1. The van der Waals surface area contributed by atoms with Crippen LogP contribution in [0.25, 0.3) is 0 Å². The first-order valence-electron chi connectivity index (χ1n) is 7.16. The summed E-state index contributed by atoms with van der Waals surface area (Å²) in [5.74, 6) is 0.170. The van der Waals surface area contributed by atoms with E-state index in [1.165, 1.54) is 51.4 Å². The molecule has 0 saturated carbocycles. The zero-order valence-electron chi connectivity index (χ0n) is 11.6.